The van der Waals surface area contributed by atoms with E-state index in [9.17, 15) is 40.3 Å². The minimum atomic E-state index is -4.93. The topological polar surface area (TPSA) is 61.4 Å². The highest BCUT2D eigenvalue weighted by molar-refractivity contribution is 6.48. The van der Waals surface area contributed by atoms with Gasteiger partial charge in [-0.25, -0.2) is 14.2 Å². The van der Waals surface area contributed by atoms with Crippen molar-refractivity contribution in [2.45, 2.75) is 25.2 Å². The average molecular weight is 595 g/mol. The normalized spacial score (nSPS) is 13.2. The number of benzene rings is 2. The molecule has 0 radical (unpaired) electrons. The standard InChI is InChI=1S/C22H17Cl3F7N3O2/c1-10-5-11(3-4-13(10)19(36)34-35(2)20(37)33-9-21(27,28)29)17(26)8-14(22(30,31)32)12-6-15(23)18(25)16(24)7-12/h3-8,14H,9H2,1-2H3,(H,33,37)(H,34,36). The van der Waals surface area contributed by atoms with E-state index in [0.717, 1.165) is 37.4 Å². The summed E-state index contributed by atoms with van der Waals surface area (Å²) in [7, 11) is 0.988. The molecule has 0 aromatic heterocycles. The van der Waals surface area contributed by atoms with Gasteiger partial charge >= 0.3 is 18.4 Å². The Morgan fingerprint density at radius 3 is 2.08 bits per heavy atom. The van der Waals surface area contributed by atoms with Crippen LogP contribution in [0.25, 0.3) is 5.83 Å². The van der Waals surface area contributed by atoms with Crippen molar-refractivity contribution in [3.63, 3.8) is 0 Å². The van der Waals surface area contributed by atoms with Crippen molar-refractivity contribution in [2.75, 3.05) is 13.6 Å². The number of urea groups is 1. The number of aryl methyl sites for hydroxylation is 1. The zero-order valence-electron chi connectivity index (χ0n) is 18.8. The zero-order chi connectivity index (χ0) is 28.3. The molecular weight excluding hydrogens is 578 g/mol. The lowest BCUT2D eigenvalue weighted by atomic mass is 9.95. The molecule has 1 atom stereocenters. The molecule has 0 spiro atoms. The molecule has 2 aromatic rings. The highest BCUT2D eigenvalue weighted by atomic mass is 35.5. The van der Waals surface area contributed by atoms with Crippen molar-refractivity contribution in [1.82, 2.24) is 15.8 Å². The summed E-state index contributed by atoms with van der Waals surface area (Å²) in [6, 6.07) is 3.75. The van der Waals surface area contributed by atoms with Crippen LogP contribution in [0.2, 0.25) is 15.1 Å². The van der Waals surface area contributed by atoms with Gasteiger partial charge in [-0.3, -0.25) is 10.2 Å². The molecule has 202 valence electrons. The Balaban J connectivity index is 2.27. The number of rotatable bonds is 5. The van der Waals surface area contributed by atoms with E-state index in [1.807, 2.05) is 5.43 Å². The van der Waals surface area contributed by atoms with E-state index in [2.05, 4.69) is 0 Å². The SMILES string of the molecule is Cc1cc(C(F)=CC(c2cc(Cl)c(Cl)c(Cl)c2)C(F)(F)F)ccc1C(=O)NN(C)C(=O)NCC(F)(F)F. The summed E-state index contributed by atoms with van der Waals surface area (Å²) in [5.74, 6) is -4.65. The lowest BCUT2D eigenvalue weighted by Gasteiger charge is -2.20. The number of carbonyl (C=O) groups excluding carboxylic acids is 2. The maximum Gasteiger partial charge on any atom is 0.405 e. The lowest BCUT2D eigenvalue weighted by Crippen LogP contribution is -2.50. The number of carbonyl (C=O) groups is 2. The maximum absolute atomic E-state index is 14.9. The number of alkyl halides is 6. The summed E-state index contributed by atoms with van der Waals surface area (Å²) < 4.78 is 92.7. The molecule has 0 heterocycles. The molecule has 2 rings (SSSR count). The number of nitrogens with zero attached hydrogens (tertiary/aromatic N) is 1. The molecule has 2 aromatic carbocycles. The Morgan fingerprint density at radius 2 is 1.59 bits per heavy atom. The molecule has 15 heteroatoms. The van der Waals surface area contributed by atoms with E-state index in [4.69, 9.17) is 34.8 Å². The van der Waals surface area contributed by atoms with Crippen LogP contribution in [0.1, 0.15) is 33.0 Å². The molecule has 0 aliphatic rings. The number of hydrogen-bond acceptors (Lipinski definition) is 2. The lowest BCUT2D eigenvalue weighted by molar-refractivity contribution is -0.139. The van der Waals surface area contributed by atoms with Gasteiger partial charge in [-0.15, -0.1) is 0 Å². The third-order valence-electron chi connectivity index (χ3n) is 4.79. The van der Waals surface area contributed by atoms with Crippen molar-refractivity contribution in [3.05, 3.63) is 73.7 Å². The number of hydrazine groups is 1. The summed E-state index contributed by atoms with van der Waals surface area (Å²) in [6.45, 7) is -0.284. The summed E-state index contributed by atoms with van der Waals surface area (Å²) in [6.07, 6.45) is -9.28. The fraction of sp³-hybridized carbons (Fsp3) is 0.273. The number of halogens is 10. The molecule has 0 aliphatic carbocycles. The molecule has 0 aliphatic heterocycles. The van der Waals surface area contributed by atoms with Gasteiger partial charge in [0.15, 0.2) is 0 Å². The second-order valence-electron chi connectivity index (χ2n) is 7.64. The summed E-state index contributed by atoms with van der Waals surface area (Å²) in [5.41, 5.74) is 1.26. The van der Waals surface area contributed by atoms with Crippen molar-refractivity contribution in [2.24, 2.45) is 0 Å². The van der Waals surface area contributed by atoms with Gasteiger partial charge in [0.25, 0.3) is 5.91 Å². The van der Waals surface area contributed by atoms with E-state index < -0.39 is 48.1 Å². The third kappa shape index (κ3) is 8.41. The molecule has 0 bridgehead atoms. The molecule has 1 unspecified atom stereocenters. The first-order valence-electron chi connectivity index (χ1n) is 9.99. The zero-order valence-corrected chi connectivity index (χ0v) is 21.1. The minimum Gasteiger partial charge on any atom is -0.327 e. The van der Waals surface area contributed by atoms with Crippen LogP contribution in [0.4, 0.5) is 35.5 Å². The van der Waals surface area contributed by atoms with E-state index in [1.54, 1.807) is 5.32 Å². The number of hydrogen-bond donors (Lipinski definition) is 2. The fourth-order valence-electron chi connectivity index (χ4n) is 3.00. The van der Waals surface area contributed by atoms with Gasteiger partial charge in [-0.05, 0) is 48.4 Å². The van der Waals surface area contributed by atoms with Crippen LogP contribution in [-0.2, 0) is 0 Å². The molecule has 0 fully saturated rings. The molecule has 0 saturated carbocycles. The maximum atomic E-state index is 14.9. The Labute approximate surface area is 221 Å². The average Bonchev–Trinajstić information content (AvgIpc) is 2.77. The monoisotopic (exact) mass is 593 g/mol. The first-order valence-corrected chi connectivity index (χ1v) is 11.1. The van der Waals surface area contributed by atoms with Gasteiger partial charge in [0.2, 0.25) is 0 Å². The van der Waals surface area contributed by atoms with Crippen LogP contribution in [0.3, 0.4) is 0 Å². The van der Waals surface area contributed by atoms with Gasteiger partial charge in [0.1, 0.15) is 18.3 Å². The van der Waals surface area contributed by atoms with Crippen LogP contribution in [0.5, 0.6) is 0 Å². The molecule has 5 nitrogen and oxygen atoms in total. The second-order valence-corrected chi connectivity index (χ2v) is 8.83. The van der Waals surface area contributed by atoms with Gasteiger partial charge in [-0.1, -0.05) is 40.9 Å². The van der Waals surface area contributed by atoms with Gasteiger partial charge in [-0.2, -0.15) is 26.3 Å². The Morgan fingerprint density at radius 1 is 1.03 bits per heavy atom. The number of nitrogens with one attached hydrogen (secondary N) is 2. The molecule has 3 amide bonds. The van der Waals surface area contributed by atoms with Crippen LogP contribution >= 0.6 is 34.8 Å². The smallest absolute Gasteiger partial charge is 0.327 e. The molecular formula is C22H17Cl3F7N3O2. The van der Waals surface area contributed by atoms with Crippen molar-refractivity contribution in [3.8, 4) is 0 Å². The third-order valence-corrected chi connectivity index (χ3v) is 5.99. The van der Waals surface area contributed by atoms with E-state index >= 15 is 0 Å². The minimum absolute atomic E-state index is 0.101. The van der Waals surface area contributed by atoms with Crippen LogP contribution in [0.15, 0.2) is 36.4 Å². The van der Waals surface area contributed by atoms with Crippen LogP contribution in [0, 0.1) is 6.92 Å². The Hall–Kier alpha value is -2.70. The molecule has 2 N–H and O–H groups in total. The Kier molecular flexibility index (Phi) is 9.72. The van der Waals surface area contributed by atoms with Crippen molar-refractivity contribution in [1.29, 1.82) is 0 Å². The van der Waals surface area contributed by atoms with Crippen molar-refractivity contribution < 1.29 is 40.3 Å². The highest BCUT2D eigenvalue weighted by Gasteiger charge is 2.40. The molecule has 0 saturated heterocycles. The van der Waals surface area contributed by atoms with E-state index in [1.165, 1.54) is 6.92 Å². The molecule has 37 heavy (non-hydrogen) atoms. The fourth-order valence-corrected chi connectivity index (χ4v) is 3.61. The quantitative estimate of drug-likeness (QED) is 0.215. The predicted octanol–water partition coefficient (Wildman–Crippen LogP) is 7.46. The predicted molar refractivity (Wildman–Crippen MR) is 125 cm³/mol. The van der Waals surface area contributed by atoms with Gasteiger partial charge in [0, 0.05) is 18.2 Å². The van der Waals surface area contributed by atoms with Crippen LogP contribution in [-0.4, -0.2) is 42.9 Å². The first-order chi connectivity index (χ1) is 16.9. The number of amides is 3. The van der Waals surface area contributed by atoms with Gasteiger partial charge < -0.3 is 5.32 Å². The van der Waals surface area contributed by atoms with Gasteiger partial charge in [0.05, 0.1) is 15.1 Å². The summed E-state index contributed by atoms with van der Waals surface area (Å²) >= 11 is 17.4. The first kappa shape index (κ1) is 30.5. The largest absolute Gasteiger partial charge is 0.405 e. The van der Waals surface area contributed by atoms with E-state index in [0.29, 0.717) is 11.1 Å². The summed E-state index contributed by atoms with van der Waals surface area (Å²) in [5, 5.41) is 1.35. The van der Waals surface area contributed by atoms with Crippen molar-refractivity contribution >= 4 is 52.6 Å². The van der Waals surface area contributed by atoms with Crippen LogP contribution < -0.4 is 10.7 Å². The highest BCUT2D eigenvalue weighted by Crippen LogP contribution is 2.42. The number of allylic oxidation sites excluding steroid dienone is 1. The second kappa shape index (κ2) is 11.8. The van der Waals surface area contributed by atoms with E-state index in [-0.39, 0.29) is 31.8 Å². The Bertz CT molecular complexity index is 1190. The summed E-state index contributed by atoms with van der Waals surface area (Å²) in [4.78, 5) is 24.1.